The van der Waals surface area contributed by atoms with E-state index in [4.69, 9.17) is 4.42 Å². The number of nitrogens with one attached hydrogen (secondary N) is 2. The normalized spacial score (nSPS) is 15.5. The van der Waals surface area contributed by atoms with Gasteiger partial charge in [0.2, 0.25) is 11.8 Å². The zero-order valence-electron chi connectivity index (χ0n) is 12.3. The fourth-order valence-corrected chi connectivity index (χ4v) is 1.80. The van der Waals surface area contributed by atoms with Gasteiger partial charge in [-0.2, -0.15) is 0 Å². The van der Waals surface area contributed by atoms with Crippen LogP contribution < -0.4 is 10.6 Å². The number of carbonyl (C=O) groups excluding carboxylic acids is 2. The minimum atomic E-state index is -1.29. The van der Waals surface area contributed by atoms with E-state index in [2.05, 4.69) is 10.6 Å². The summed E-state index contributed by atoms with van der Waals surface area (Å²) in [5.41, 5.74) is -1.29. The Morgan fingerprint density at radius 3 is 2.55 bits per heavy atom. The highest BCUT2D eigenvalue weighted by Gasteiger charge is 2.29. The topological polar surface area (TPSA) is 91.6 Å². The third-order valence-electron chi connectivity index (χ3n) is 2.97. The lowest BCUT2D eigenvalue weighted by molar-refractivity contribution is -0.130. The summed E-state index contributed by atoms with van der Waals surface area (Å²) in [4.78, 5) is 23.2. The summed E-state index contributed by atoms with van der Waals surface area (Å²) in [7, 11) is 0. The zero-order chi connectivity index (χ0) is 15.3. The lowest BCUT2D eigenvalue weighted by atomic mass is 10.0. The third kappa shape index (κ3) is 4.38. The summed E-state index contributed by atoms with van der Waals surface area (Å²) in [6.45, 7) is 6.59. The highest BCUT2D eigenvalue weighted by molar-refractivity contribution is 5.87. The molecule has 1 heterocycles. The maximum Gasteiger partial charge on any atom is 0.242 e. The quantitative estimate of drug-likeness (QED) is 0.718. The van der Waals surface area contributed by atoms with Gasteiger partial charge in [0.1, 0.15) is 17.4 Å². The predicted molar refractivity (Wildman–Crippen MR) is 73.7 cm³/mol. The Kier molecular flexibility index (Phi) is 5.33. The molecule has 0 aliphatic carbocycles. The minimum absolute atomic E-state index is 0.00213. The van der Waals surface area contributed by atoms with Gasteiger partial charge < -0.3 is 20.2 Å². The number of rotatable bonds is 6. The van der Waals surface area contributed by atoms with Gasteiger partial charge in [-0.25, -0.2) is 0 Å². The molecule has 0 spiro atoms. The van der Waals surface area contributed by atoms with Gasteiger partial charge in [-0.1, -0.05) is 13.8 Å². The van der Waals surface area contributed by atoms with Gasteiger partial charge in [-0.05, 0) is 25.0 Å². The van der Waals surface area contributed by atoms with Crippen LogP contribution in [0.1, 0.15) is 33.5 Å². The molecule has 0 fully saturated rings. The van der Waals surface area contributed by atoms with E-state index in [0.717, 1.165) is 0 Å². The number of furan rings is 1. The summed E-state index contributed by atoms with van der Waals surface area (Å²) < 4.78 is 5.13. The minimum Gasteiger partial charge on any atom is -0.466 e. The van der Waals surface area contributed by atoms with Crippen molar-refractivity contribution in [1.29, 1.82) is 0 Å². The second-order valence-corrected chi connectivity index (χ2v) is 5.39. The van der Waals surface area contributed by atoms with Gasteiger partial charge >= 0.3 is 0 Å². The van der Waals surface area contributed by atoms with E-state index in [1.165, 1.54) is 13.2 Å². The van der Waals surface area contributed by atoms with Crippen molar-refractivity contribution in [2.24, 2.45) is 5.92 Å². The van der Waals surface area contributed by atoms with Crippen molar-refractivity contribution in [3.8, 4) is 0 Å². The van der Waals surface area contributed by atoms with Crippen LogP contribution in [0.3, 0.4) is 0 Å². The molecule has 3 N–H and O–H groups in total. The molecular weight excluding hydrogens is 260 g/mol. The van der Waals surface area contributed by atoms with Crippen molar-refractivity contribution >= 4 is 11.8 Å². The number of hydrogen-bond acceptors (Lipinski definition) is 4. The van der Waals surface area contributed by atoms with Crippen LogP contribution in [0.5, 0.6) is 0 Å². The standard InChI is InChI=1S/C14H22N2O4/c1-9(2)12(16-10(3)17)13(18)15-8-14(4,19)11-6-5-7-20-11/h5-7,9,12,19H,8H2,1-4H3,(H,15,18)(H,16,17). The molecule has 1 aromatic rings. The Morgan fingerprint density at radius 2 is 2.10 bits per heavy atom. The molecule has 112 valence electrons. The summed E-state index contributed by atoms with van der Waals surface area (Å²) in [6.07, 6.45) is 1.46. The number of hydrogen-bond donors (Lipinski definition) is 3. The number of aliphatic hydroxyl groups is 1. The van der Waals surface area contributed by atoms with Crippen molar-refractivity contribution < 1.29 is 19.1 Å². The van der Waals surface area contributed by atoms with E-state index < -0.39 is 11.6 Å². The van der Waals surface area contributed by atoms with Gasteiger partial charge in [0.15, 0.2) is 0 Å². The van der Waals surface area contributed by atoms with Crippen LogP contribution in [0.2, 0.25) is 0 Å². The summed E-state index contributed by atoms with van der Waals surface area (Å²) >= 11 is 0. The van der Waals surface area contributed by atoms with Gasteiger partial charge in [0.25, 0.3) is 0 Å². The Hall–Kier alpha value is -1.82. The van der Waals surface area contributed by atoms with Gasteiger partial charge in [0, 0.05) is 6.92 Å². The van der Waals surface area contributed by atoms with Crippen LogP contribution in [0.25, 0.3) is 0 Å². The molecule has 0 aromatic carbocycles. The SMILES string of the molecule is CC(=O)NC(C(=O)NCC(C)(O)c1ccco1)C(C)C. The van der Waals surface area contributed by atoms with E-state index in [1.807, 2.05) is 13.8 Å². The lowest BCUT2D eigenvalue weighted by Crippen LogP contribution is -2.51. The first-order valence-corrected chi connectivity index (χ1v) is 6.55. The molecular formula is C14H22N2O4. The van der Waals surface area contributed by atoms with Gasteiger partial charge in [0.05, 0.1) is 12.8 Å². The van der Waals surface area contributed by atoms with Crippen LogP contribution in [-0.4, -0.2) is 29.5 Å². The van der Waals surface area contributed by atoms with Crippen molar-refractivity contribution in [2.75, 3.05) is 6.54 Å². The molecule has 6 heteroatoms. The van der Waals surface area contributed by atoms with Crippen molar-refractivity contribution in [3.05, 3.63) is 24.2 Å². The van der Waals surface area contributed by atoms with E-state index >= 15 is 0 Å². The van der Waals surface area contributed by atoms with Crippen LogP contribution in [0.15, 0.2) is 22.8 Å². The molecule has 2 atom stereocenters. The summed E-state index contributed by atoms with van der Waals surface area (Å²) in [6, 6.07) is 2.68. The monoisotopic (exact) mass is 282 g/mol. The molecule has 0 saturated carbocycles. The van der Waals surface area contributed by atoms with Crippen molar-refractivity contribution in [1.82, 2.24) is 10.6 Å². The number of carbonyl (C=O) groups is 2. The first-order chi connectivity index (χ1) is 9.24. The second-order valence-electron chi connectivity index (χ2n) is 5.39. The molecule has 20 heavy (non-hydrogen) atoms. The Labute approximate surface area is 118 Å². The highest BCUT2D eigenvalue weighted by Crippen LogP contribution is 2.19. The maximum absolute atomic E-state index is 12.1. The molecule has 0 aliphatic heterocycles. The molecule has 1 rings (SSSR count). The third-order valence-corrected chi connectivity index (χ3v) is 2.97. The van der Waals surface area contributed by atoms with Crippen LogP contribution in [0.4, 0.5) is 0 Å². The van der Waals surface area contributed by atoms with Crippen LogP contribution in [0, 0.1) is 5.92 Å². The average molecular weight is 282 g/mol. The molecule has 0 bridgehead atoms. The smallest absolute Gasteiger partial charge is 0.242 e. The van der Waals surface area contributed by atoms with Crippen LogP contribution >= 0.6 is 0 Å². The van der Waals surface area contributed by atoms with E-state index in [1.54, 1.807) is 19.1 Å². The Bertz CT molecular complexity index is 452. The van der Waals surface area contributed by atoms with Crippen LogP contribution in [-0.2, 0) is 15.2 Å². The molecule has 2 amide bonds. The average Bonchev–Trinajstić information content (AvgIpc) is 2.87. The molecule has 6 nitrogen and oxygen atoms in total. The number of amides is 2. The Morgan fingerprint density at radius 1 is 1.45 bits per heavy atom. The largest absolute Gasteiger partial charge is 0.466 e. The predicted octanol–water partition coefficient (Wildman–Crippen LogP) is 0.764. The second kappa shape index (κ2) is 6.56. The van der Waals surface area contributed by atoms with Crippen molar-refractivity contribution in [2.45, 2.75) is 39.3 Å². The lowest BCUT2D eigenvalue weighted by Gasteiger charge is -2.25. The van der Waals surface area contributed by atoms with Crippen molar-refractivity contribution in [3.63, 3.8) is 0 Å². The van der Waals surface area contributed by atoms with E-state index in [0.29, 0.717) is 5.76 Å². The Balaban J connectivity index is 2.63. The molecule has 0 aliphatic rings. The maximum atomic E-state index is 12.1. The first kappa shape index (κ1) is 16.2. The van der Waals surface area contributed by atoms with Gasteiger partial charge in [-0.3, -0.25) is 9.59 Å². The zero-order valence-corrected chi connectivity index (χ0v) is 12.3. The summed E-state index contributed by atoms with van der Waals surface area (Å²) in [5, 5.41) is 15.5. The van der Waals surface area contributed by atoms with E-state index in [-0.39, 0.29) is 24.3 Å². The molecule has 2 unspecified atom stereocenters. The fourth-order valence-electron chi connectivity index (χ4n) is 1.80. The molecule has 1 aromatic heterocycles. The molecule has 0 saturated heterocycles. The fraction of sp³-hybridized carbons (Fsp3) is 0.571. The first-order valence-electron chi connectivity index (χ1n) is 6.55. The summed E-state index contributed by atoms with van der Waals surface area (Å²) in [5.74, 6) is -0.274. The molecule has 0 radical (unpaired) electrons. The van der Waals surface area contributed by atoms with E-state index in [9.17, 15) is 14.7 Å². The highest BCUT2D eigenvalue weighted by atomic mass is 16.4. The van der Waals surface area contributed by atoms with Gasteiger partial charge in [-0.15, -0.1) is 0 Å².